The number of ether oxygens (including phenoxy) is 2. The van der Waals surface area contributed by atoms with Gasteiger partial charge in [0.2, 0.25) is 0 Å². The Morgan fingerprint density at radius 3 is 2.72 bits per heavy atom. The lowest BCUT2D eigenvalue weighted by atomic mass is 9.81. The second kappa shape index (κ2) is 5.17. The van der Waals surface area contributed by atoms with Crippen molar-refractivity contribution in [2.45, 2.75) is 57.6 Å². The Morgan fingerprint density at radius 2 is 2.17 bits per heavy atom. The number of hydrogen-bond donors (Lipinski definition) is 1. The molecule has 0 bridgehead atoms. The fourth-order valence-corrected chi connectivity index (χ4v) is 2.70. The topological polar surface area (TPSA) is 47.6 Å². The lowest BCUT2D eigenvalue weighted by Crippen LogP contribution is -2.60. The molecule has 4 heteroatoms. The first-order valence-electron chi connectivity index (χ1n) is 7.04. The molecule has 104 valence electrons. The number of carbonyl (C=O) groups is 1. The maximum Gasteiger partial charge on any atom is 0.326 e. The second-order valence-electron chi connectivity index (χ2n) is 6.16. The van der Waals surface area contributed by atoms with Gasteiger partial charge in [-0.3, -0.25) is 4.79 Å². The summed E-state index contributed by atoms with van der Waals surface area (Å²) in [6, 6.07) is 0. The van der Waals surface area contributed by atoms with Crippen LogP contribution in [0.15, 0.2) is 0 Å². The van der Waals surface area contributed by atoms with Crippen molar-refractivity contribution >= 4 is 5.97 Å². The molecular weight excluding hydrogens is 230 g/mol. The van der Waals surface area contributed by atoms with Crippen LogP contribution in [-0.2, 0) is 14.3 Å². The highest BCUT2D eigenvalue weighted by Crippen LogP contribution is 2.35. The van der Waals surface area contributed by atoms with Crippen molar-refractivity contribution in [2.75, 3.05) is 19.8 Å². The molecule has 1 N–H and O–H groups in total. The van der Waals surface area contributed by atoms with Gasteiger partial charge >= 0.3 is 5.97 Å². The van der Waals surface area contributed by atoms with Crippen molar-refractivity contribution in [1.29, 1.82) is 0 Å². The zero-order valence-corrected chi connectivity index (χ0v) is 11.8. The van der Waals surface area contributed by atoms with Gasteiger partial charge in [0.25, 0.3) is 0 Å². The van der Waals surface area contributed by atoms with Crippen molar-refractivity contribution in [3.05, 3.63) is 0 Å². The number of esters is 1. The van der Waals surface area contributed by atoms with Crippen LogP contribution in [0.3, 0.4) is 0 Å². The predicted molar refractivity (Wildman–Crippen MR) is 69.4 cm³/mol. The molecule has 2 rings (SSSR count). The molecule has 0 aromatic carbocycles. The van der Waals surface area contributed by atoms with Crippen LogP contribution in [0, 0.1) is 5.92 Å². The standard InChI is InChI=1S/C14H25NO3/c1-4-17-12(16)14(15-9-11-5-6-11)7-8-18-13(2,3)10-14/h11,15H,4-10H2,1-3H3. The number of hydrogen-bond acceptors (Lipinski definition) is 4. The minimum atomic E-state index is -0.541. The zero-order chi connectivity index (χ0) is 13.2. The van der Waals surface area contributed by atoms with Gasteiger partial charge in [-0.2, -0.15) is 0 Å². The van der Waals surface area contributed by atoms with Crippen LogP contribution < -0.4 is 5.32 Å². The SMILES string of the molecule is CCOC(=O)C1(NCC2CC2)CCOC(C)(C)C1. The van der Waals surface area contributed by atoms with E-state index in [1.54, 1.807) is 0 Å². The third-order valence-corrected chi connectivity index (χ3v) is 3.84. The van der Waals surface area contributed by atoms with Gasteiger partial charge in [-0.15, -0.1) is 0 Å². The molecule has 1 saturated heterocycles. The Hall–Kier alpha value is -0.610. The summed E-state index contributed by atoms with van der Waals surface area (Å²) in [6.45, 7) is 7.92. The van der Waals surface area contributed by atoms with E-state index in [4.69, 9.17) is 9.47 Å². The van der Waals surface area contributed by atoms with Gasteiger partial charge in [0.15, 0.2) is 0 Å². The zero-order valence-electron chi connectivity index (χ0n) is 11.8. The van der Waals surface area contributed by atoms with E-state index in [0.29, 0.717) is 26.1 Å². The van der Waals surface area contributed by atoms with E-state index in [-0.39, 0.29) is 11.6 Å². The van der Waals surface area contributed by atoms with E-state index in [0.717, 1.165) is 12.5 Å². The summed E-state index contributed by atoms with van der Waals surface area (Å²) in [5.74, 6) is 0.643. The van der Waals surface area contributed by atoms with Gasteiger partial charge in [0, 0.05) is 13.0 Å². The van der Waals surface area contributed by atoms with Crippen LogP contribution in [0.4, 0.5) is 0 Å². The summed E-state index contributed by atoms with van der Waals surface area (Å²) in [6.07, 6.45) is 3.96. The van der Waals surface area contributed by atoms with E-state index >= 15 is 0 Å². The molecule has 18 heavy (non-hydrogen) atoms. The summed E-state index contributed by atoms with van der Waals surface area (Å²) in [5, 5.41) is 3.48. The molecule has 0 radical (unpaired) electrons. The molecule has 4 nitrogen and oxygen atoms in total. The number of rotatable bonds is 5. The summed E-state index contributed by atoms with van der Waals surface area (Å²) in [4.78, 5) is 12.3. The lowest BCUT2D eigenvalue weighted by Gasteiger charge is -2.43. The monoisotopic (exact) mass is 255 g/mol. The number of carbonyl (C=O) groups excluding carboxylic acids is 1. The third-order valence-electron chi connectivity index (χ3n) is 3.84. The van der Waals surface area contributed by atoms with E-state index < -0.39 is 5.54 Å². The summed E-state index contributed by atoms with van der Waals surface area (Å²) < 4.78 is 11.0. The van der Waals surface area contributed by atoms with Crippen LogP contribution in [0.1, 0.15) is 46.5 Å². The van der Waals surface area contributed by atoms with Crippen molar-refractivity contribution < 1.29 is 14.3 Å². The highest BCUT2D eigenvalue weighted by Gasteiger charge is 2.47. The molecular formula is C14H25NO3. The van der Waals surface area contributed by atoms with Gasteiger partial charge < -0.3 is 14.8 Å². The summed E-state index contributed by atoms with van der Waals surface area (Å²) in [5.41, 5.74) is -0.804. The summed E-state index contributed by atoms with van der Waals surface area (Å²) >= 11 is 0. The molecule has 1 saturated carbocycles. The smallest absolute Gasteiger partial charge is 0.326 e. The largest absolute Gasteiger partial charge is 0.465 e. The second-order valence-corrected chi connectivity index (χ2v) is 6.16. The van der Waals surface area contributed by atoms with Gasteiger partial charge in [-0.1, -0.05) is 0 Å². The van der Waals surface area contributed by atoms with Gasteiger partial charge in [0.05, 0.1) is 12.2 Å². The Morgan fingerprint density at radius 1 is 1.44 bits per heavy atom. The van der Waals surface area contributed by atoms with Crippen LogP contribution in [0.2, 0.25) is 0 Å². The van der Waals surface area contributed by atoms with Gasteiger partial charge in [-0.25, -0.2) is 0 Å². The normalized spacial score (nSPS) is 31.1. The van der Waals surface area contributed by atoms with E-state index in [1.807, 2.05) is 20.8 Å². The molecule has 1 atom stereocenters. The molecule has 0 aromatic heterocycles. The fourth-order valence-electron chi connectivity index (χ4n) is 2.70. The van der Waals surface area contributed by atoms with Crippen molar-refractivity contribution in [2.24, 2.45) is 5.92 Å². The molecule has 0 amide bonds. The Kier molecular flexibility index (Phi) is 3.97. The Balaban J connectivity index is 2.06. The van der Waals surface area contributed by atoms with Crippen LogP contribution in [-0.4, -0.2) is 36.9 Å². The molecule has 2 aliphatic rings. The van der Waals surface area contributed by atoms with Crippen molar-refractivity contribution in [3.63, 3.8) is 0 Å². The maximum absolute atomic E-state index is 12.3. The molecule has 0 aromatic rings. The molecule has 1 aliphatic heterocycles. The van der Waals surface area contributed by atoms with E-state index in [2.05, 4.69) is 5.32 Å². The first kappa shape index (κ1) is 13.8. The first-order chi connectivity index (χ1) is 8.47. The average Bonchev–Trinajstić information content (AvgIpc) is 3.09. The molecule has 1 heterocycles. The van der Waals surface area contributed by atoms with Gasteiger partial charge in [0.1, 0.15) is 5.54 Å². The molecule has 1 unspecified atom stereocenters. The first-order valence-corrected chi connectivity index (χ1v) is 7.04. The molecule has 0 spiro atoms. The quantitative estimate of drug-likeness (QED) is 0.762. The van der Waals surface area contributed by atoms with Crippen molar-refractivity contribution in [3.8, 4) is 0 Å². The Labute approximate surface area is 109 Å². The minimum absolute atomic E-state index is 0.109. The molecule has 2 fully saturated rings. The molecule has 1 aliphatic carbocycles. The van der Waals surface area contributed by atoms with Crippen molar-refractivity contribution in [1.82, 2.24) is 5.32 Å². The predicted octanol–water partition coefficient (Wildman–Crippen LogP) is 1.88. The lowest BCUT2D eigenvalue weighted by molar-refractivity contribution is -0.164. The van der Waals surface area contributed by atoms with Crippen LogP contribution in [0.25, 0.3) is 0 Å². The highest BCUT2D eigenvalue weighted by atomic mass is 16.5. The maximum atomic E-state index is 12.3. The minimum Gasteiger partial charge on any atom is -0.465 e. The van der Waals surface area contributed by atoms with Gasteiger partial charge in [-0.05, 0) is 52.5 Å². The summed E-state index contributed by atoms with van der Waals surface area (Å²) in [7, 11) is 0. The van der Waals surface area contributed by atoms with E-state index in [1.165, 1.54) is 12.8 Å². The highest BCUT2D eigenvalue weighted by molar-refractivity contribution is 5.81. The van der Waals surface area contributed by atoms with Crippen LogP contribution in [0.5, 0.6) is 0 Å². The number of nitrogens with one attached hydrogen (secondary N) is 1. The van der Waals surface area contributed by atoms with Crippen LogP contribution >= 0.6 is 0 Å². The fraction of sp³-hybridized carbons (Fsp3) is 0.929. The average molecular weight is 255 g/mol. The van der Waals surface area contributed by atoms with E-state index in [9.17, 15) is 4.79 Å². The Bertz CT molecular complexity index is 312. The third kappa shape index (κ3) is 3.23.